The summed E-state index contributed by atoms with van der Waals surface area (Å²) in [4.78, 5) is 19.1. The van der Waals surface area contributed by atoms with Crippen LogP contribution < -0.4 is 14.4 Å². The van der Waals surface area contributed by atoms with Gasteiger partial charge >= 0.3 is 0 Å². The van der Waals surface area contributed by atoms with Crippen LogP contribution in [0.15, 0.2) is 66.9 Å². The fourth-order valence-corrected chi connectivity index (χ4v) is 3.29. The van der Waals surface area contributed by atoms with Gasteiger partial charge in [-0.15, -0.1) is 0 Å². The number of carbonyl (C=O) groups excluding carboxylic acids is 1. The van der Waals surface area contributed by atoms with Crippen molar-refractivity contribution in [2.75, 3.05) is 18.6 Å². The highest BCUT2D eigenvalue weighted by Crippen LogP contribution is 2.32. The first-order valence-corrected chi connectivity index (χ1v) is 8.92. The van der Waals surface area contributed by atoms with E-state index in [2.05, 4.69) is 4.98 Å². The molecule has 2 aromatic carbocycles. The minimum Gasteiger partial charge on any atom is -0.497 e. The summed E-state index contributed by atoms with van der Waals surface area (Å²) in [6.07, 6.45) is 3.54. The third kappa shape index (κ3) is 3.62. The van der Waals surface area contributed by atoms with Crippen molar-refractivity contribution in [1.29, 1.82) is 0 Å². The molecule has 1 aromatic heterocycles. The van der Waals surface area contributed by atoms with Crippen LogP contribution in [0.25, 0.3) is 0 Å². The number of hydrogen-bond donors (Lipinski definition) is 0. The van der Waals surface area contributed by atoms with Gasteiger partial charge in [-0.1, -0.05) is 12.1 Å². The molecule has 5 nitrogen and oxygen atoms in total. The molecule has 0 saturated carbocycles. The summed E-state index contributed by atoms with van der Waals surface area (Å²) in [5.74, 6) is 1.87. The van der Waals surface area contributed by atoms with E-state index in [1.54, 1.807) is 25.4 Å². The summed E-state index contributed by atoms with van der Waals surface area (Å²) in [5.41, 5.74) is 2.67. The van der Waals surface area contributed by atoms with Gasteiger partial charge in [0.15, 0.2) is 0 Å². The van der Waals surface area contributed by atoms with E-state index in [-0.39, 0.29) is 5.91 Å². The Bertz CT molecular complexity index is 957. The van der Waals surface area contributed by atoms with Crippen LogP contribution in [0.4, 0.5) is 5.69 Å². The lowest BCUT2D eigenvalue weighted by Gasteiger charge is -2.30. The molecule has 0 bridgehead atoms. The van der Waals surface area contributed by atoms with Gasteiger partial charge in [-0.3, -0.25) is 4.79 Å². The molecule has 0 unspecified atom stereocenters. The van der Waals surface area contributed by atoms with Crippen LogP contribution in [0.1, 0.15) is 22.3 Å². The molecule has 4 rings (SSSR count). The molecule has 0 fully saturated rings. The minimum absolute atomic E-state index is 0.0346. The van der Waals surface area contributed by atoms with Crippen LogP contribution in [-0.4, -0.2) is 24.5 Å². The zero-order valence-corrected chi connectivity index (χ0v) is 15.1. The first-order chi connectivity index (χ1) is 13.2. The summed E-state index contributed by atoms with van der Waals surface area (Å²) in [6, 6.07) is 18.5. The Labute approximate surface area is 158 Å². The summed E-state index contributed by atoms with van der Waals surface area (Å²) in [6.45, 7) is 0.698. The molecule has 0 saturated heterocycles. The van der Waals surface area contributed by atoms with Gasteiger partial charge in [-0.05, 0) is 60.9 Å². The molecule has 1 aliphatic heterocycles. The number of aromatic nitrogens is 1. The van der Waals surface area contributed by atoms with Crippen LogP contribution in [0.3, 0.4) is 0 Å². The first kappa shape index (κ1) is 17.1. The van der Waals surface area contributed by atoms with Crippen molar-refractivity contribution < 1.29 is 14.3 Å². The van der Waals surface area contributed by atoms with E-state index in [1.807, 2.05) is 53.4 Å². The number of ether oxygens (including phenoxy) is 2. The van der Waals surface area contributed by atoms with Crippen molar-refractivity contribution >= 4 is 11.6 Å². The van der Waals surface area contributed by atoms with Crippen molar-refractivity contribution in [3.63, 3.8) is 0 Å². The normalized spacial score (nSPS) is 13.0. The molecule has 5 heteroatoms. The second kappa shape index (κ2) is 7.50. The predicted octanol–water partition coefficient (Wildman–Crippen LogP) is 4.48. The number of nitrogens with zero attached hydrogens (tertiary/aromatic N) is 2. The average Bonchev–Trinajstić information content (AvgIpc) is 2.73. The van der Waals surface area contributed by atoms with E-state index in [0.717, 1.165) is 29.8 Å². The third-order valence-electron chi connectivity index (χ3n) is 4.59. The molecule has 0 aliphatic carbocycles. The molecule has 0 N–H and O–H groups in total. The molecule has 27 heavy (non-hydrogen) atoms. The van der Waals surface area contributed by atoms with Crippen LogP contribution in [-0.2, 0) is 6.42 Å². The monoisotopic (exact) mass is 360 g/mol. The Kier molecular flexibility index (Phi) is 4.75. The molecule has 3 aromatic rings. The molecular formula is C22H20N2O3. The Morgan fingerprint density at radius 2 is 1.96 bits per heavy atom. The lowest BCUT2D eigenvalue weighted by molar-refractivity contribution is 0.0984. The first-order valence-electron chi connectivity index (χ1n) is 8.92. The Morgan fingerprint density at radius 3 is 2.78 bits per heavy atom. The topological polar surface area (TPSA) is 51.7 Å². The second-order valence-electron chi connectivity index (χ2n) is 6.35. The van der Waals surface area contributed by atoms with Crippen LogP contribution >= 0.6 is 0 Å². The Morgan fingerprint density at radius 1 is 1.04 bits per heavy atom. The van der Waals surface area contributed by atoms with Crippen molar-refractivity contribution in [2.45, 2.75) is 12.8 Å². The van der Waals surface area contributed by atoms with E-state index < -0.39 is 0 Å². The van der Waals surface area contributed by atoms with E-state index in [0.29, 0.717) is 23.7 Å². The average molecular weight is 360 g/mol. The highest BCUT2D eigenvalue weighted by atomic mass is 16.5. The standard InChI is InChI=1S/C22H20N2O3/c1-26-18-10-11-20-16(14-18)7-5-13-24(20)22(25)17-6-4-8-19(15-17)27-21-9-2-3-12-23-21/h2-4,6,8-12,14-15H,5,7,13H2,1H3. The zero-order valence-electron chi connectivity index (χ0n) is 15.1. The second-order valence-corrected chi connectivity index (χ2v) is 6.35. The maximum absolute atomic E-state index is 13.1. The van der Waals surface area contributed by atoms with Crippen molar-refractivity contribution in [3.8, 4) is 17.4 Å². The van der Waals surface area contributed by atoms with Gasteiger partial charge in [0.1, 0.15) is 11.5 Å². The Hall–Kier alpha value is -3.34. The molecule has 0 atom stereocenters. The van der Waals surface area contributed by atoms with Crippen LogP contribution in [0, 0.1) is 0 Å². The molecular weight excluding hydrogens is 340 g/mol. The smallest absolute Gasteiger partial charge is 0.258 e. The number of aryl methyl sites for hydroxylation is 1. The summed E-state index contributed by atoms with van der Waals surface area (Å²) in [5, 5.41) is 0. The van der Waals surface area contributed by atoms with Crippen molar-refractivity contribution in [2.24, 2.45) is 0 Å². The maximum Gasteiger partial charge on any atom is 0.258 e. The number of amides is 1. The van der Waals surface area contributed by atoms with E-state index in [4.69, 9.17) is 9.47 Å². The molecule has 1 amide bonds. The summed E-state index contributed by atoms with van der Waals surface area (Å²) < 4.78 is 11.1. The number of methoxy groups -OCH3 is 1. The fourth-order valence-electron chi connectivity index (χ4n) is 3.29. The van der Waals surface area contributed by atoms with Gasteiger partial charge in [0, 0.05) is 30.1 Å². The lowest BCUT2D eigenvalue weighted by Crippen LogP contribution is -2.35. The number of anilines is 1. The number of fused-ring (bicyclic) bond motifs is 1. The van der Waals surface area contributed by atoms with Gasteiger partial charge in [0.05, 0.1) is 7.11 Å². The zero-order chi connectivity index (χ0) is 18.6. The molecule has 136 valence electrons. The number of rotatable bonds is 4. The maximum atomic E-state index is 13.1. The fraction of sp³-hybridized carbons (Fsp3) is 0.182. The number of carbonyl (C=O) groups is 1. The lowest BCUT2D eigenvalue weighted by atomic mass is 10.0. The van der Waals surface area contributed by atoms with E-state index in [9.17, 15) is 4.79 Å². The summed E-state index contributed by atoms with van der Waals surface area (Å²) in [7, 11) is 1.65. The molecule has 2 heterocycles. The predicted molar refractivity (Wildman–Crippen MR) is 104 cm³/mol. The Balaban J connectivity index is 1.60. The van der Waals surface area contributed by atoms with Gasteiger partial charge < -0.3 is 14.4 Å². The van der Waals surface area contributed by atoms with E-state index in [1.165, 1.54) is 0 Å². The largest absolute Gasteiger partial charge is 0.497 e. The highest BCUT2D eigenvalue weighted by Gasteiger charge is 2.24. The van der Waals surface area contributed by atoms with Gasteiger partial charge in [-0.25, -0.2) is 4.98 Å². The van der Waals surface area contributed by atoms with E-state index >= 15 is 0 Å². The van der Waals surface area contributed by atoms with Crippen LogP contribution in [0.5, 0.6) is 17.4 Å². The van der Waals surface area contributed by atoms with Gasteiger partial charge in [0.25, 0.3) is 5.91 Å². The van der Waals surface area contributed by atoms with Crippen molar-refractivity contribution in [1.82, 2.24) is 4.98 Å². The summed E-state index contributed by atoms with van der Waals surface area (Å²) >= 11 is 0. The van der Waals surface area contributed by atoms with Gasteiger partial charge in [0.2, 0.25) is 5.88 Å². The quantitative estimate of drug-likeness (QED) is 0.689. The van der Waals surface area contributed by atoms with Gasteiger partial charge in [-0.2, -0.15) is 0 Å². The molecule has 1 aliphatic rings. The third-order valence-corrected chi connectivity index (χ3v) is 4.59. The minimum atomic E-state index is -0.0346. The van der Waals surface area contributed by atoms with Crippen molar-refractivity contribution in [3.05, 3.63) is 78.0 Å². The number of benzene rings is 2. The number of pyridine rings is 1. The molecule has 0 spiro atoms. The SMILES string of the molecule is COc1ccc2c(c1)CCCN2C(=O)c1cccc(Oc2ccccn2)c1. The number of hydrogen-bond acceptors (Lipinski definition) is 4. The highest BCUT2D eigenvalue weighted by molar-refractivity contribution is 6.07. The molecule has 0 radical (unpaired) electrons. The van der Waals surface area contributed by atoms with Crippen LogP contribution in [0.2, 0.25) is 0 Å².